The van der Waals surface area contributed by atoms with E-state index in [0.29, 0.717) is 0 Å². The molecule has 0 spiro atoms. The summed E-state index contributed by atoms with van der Waals surface area (Å²) in [6, 6.07) is 6.76. The molecule has 0 radical (unpaired) electrons. The predicted octanol–water partition coefficient (Wildman–Crippen LogP) is 1.79. The molecule has 1 aliphatic heterocycles. The number of benzene rings is 1. The highest BCUT2D eigenvalue weighted by atomic mass is 19.1. The van der Waals surface area contributed by atoms with Crippen LogP contribution in [0.3, 0.4) is 0 Å². The number of nitrogens with zero attached hydrogens (tertiary/aromatic N) is 1. The number of hydrogen-bond acceptors (Lipinski definition) is 2. The zero-order chi connectivity index (χ0) is 11.6. The molecule has 2 N–H and O–H groups in total. The molecule has 1 atom stereocenters. The van der Waals surface area contributed by atoms with Gasteiger partial charge in [-0.15, -0.1) is 0 Å². The van der Waals surface area contributed by atoms with Gasteiger partial charge in [-0.2, -0.15) is 0 Å². The molecule has 0 aromatic heterocycles. The third kappa shape index (κ3) is 2.80. The minimum absolute atomic E-state index is 0.176. The van der Waals surface area contributed by atoms with Gasteiger partial charge >= 0.3 is 0 Å². The zero-order valence-corrected chi connectivity index (χ0v) is 9.75. The lowest BCUT2D eigenvalue weighted by molar-refractivity contribution is 0.178. The van der Waals surface area contributed by atoms with Gasteiger partial charge in [-0.25, -0.2) is 4.39 Å². The first kappa shape index (κ1) is 11.6. The highest BCUT2D eigenvalue weighted by Gasteiger charge is 2.30. The molecule has 0 bridgehead atoms. The van der Waals surface area contributed by atoms with Gasteiger partial charge in [-0.05, 0) is 50.6 Å². The molecule has 88 valence electrons. The van der Waals surface area contributed by atoms with Gasteiger partial charge in [-0.3, -0.25) is 0 Å². The average molecular weight is 222 g/mol. The highest BCUT2D eigenvalue weighted by molar-refractivity contribution is 5.19. The lowest BCUT2D eigenvalue weighted by Gasteiger charge is -2.38. The van der Waals surface area contributed by atoms with Crippen molar-refractivity contribution in [2.75, 3.05) is 20.1 Å². The summed E-state index contributed by atoms with van der Waals surface area (Å²) in [5, 5.41) is 0. The number of halogens is 1. The van der Waals surface area contributed by atoms with E-state index in [1.165, 1.54) is 6.07 Å². The fourth-order valence-electron chi connectivity index (χ4n) is 2.59. The lowest BCUT2D eigenvalue weighted by Crippen LogP contribution is -2.54. The van der Waals surface area contributed by atoms with Crippen molar-refractivity contribution in [1.82, 2.24) is 4.90 Å². The molecule has 1 aliphatic rings. The molecule has 2 nitrogen and oxygen atoms in total. The van der Waals surface area contributed by atoms with Gasteiger partial charge in [0.1, 0.15) is 5.82 Å². The summed E-state index contributed by atoms with van der Waals surface area (Å²) in [6.07, 6.45) is 2.91. The summed E-state index contributed by atoms with van der Waals surface area (Å²) in [5.74, 6) is -0.176. The van der Waals surface area contributed by atoms with E-state index in [0.717, 1.165) is 37.9 Å². The van der Waals surface area contributed by atoms with Crippen LogP contribution in [0.15, 0.2) is 24.3 Å². The van der Waals surface area contributed by atoms with E-state index in [2.05, 4.69) is 11.9 Å². The van der Waals surface area contributed by atoms with E-state index < -0.39 is 0 Å². The fraction of sp³-hybridized carbons (Fsp3) is 0.538. The van der Waals surface area contributed by atoms with E-state index in [9.17, 15) is 4.39 Å². The van der Waals surface area contributed by atoms with Crippen LogP contribution < -0.4 is 5.73 Å². The minimum Gasteiger partial charge on any atom is -0.324 e. The zero-order valence-electron chi connectivity index (χ0n) is 9.75. The van der Waals surface area contributed by atoms with Crippen LogP contribution in [-0.2, 0) is 6.42 Å². The van der Waals surface area contributed by atoms with Gasteiger partial charge in [0.05, 0.1) is 0 Å². The molecule has 3 heteroatoms. The van der Waals surface area contributed by atoms with Crippen LogP contribution in [0.1, 0.15) is 18.4 Å². The first-order chi connectivity index (χ1) is 7.57. The molecule has 1 heterocycles. The highest BCUT2D eigenvalue weighted by Crippen LogP contribution is 2.22. The van der Waals surface area contributed by atoms with Crippen LogP contribution in [0.5, 0.6) is 0 Å². The van der Waals surface area contributed by atoms with Crippen molar-refractivity contribution in [2.45, 2.75) is 24.8 Å². The SMILES string of the molecule is CN1CCCC(N)(Cc2cccc(F)c2)C1. The van der Waals surface area contributed by atoms with Gasteiger partial charge in [0.25, 0.3) is 0 Å². The van der Waals surface area contributed by atoms with Crippen LogP contribution in [0.2, 0.25) is 0 Å². The number of nitrogens with two attached hydrogens (primary N) is 1. The Morgan fingerprint density at radius 2 is 2.31 bits per heavy atom. The van der Waals surface area contributed by atoms with Gasteiger partial charge in [0, 0.05) is 12.1 Å². The van der Waals surface area contributed by atoms with Crippen molar-refractivity contribution < 1.29 is 4.39 Å². The maximum atomic E-state index is 13.1. The van der Waals surface area contributed by atoms with Crippen LogP contribution >= 0.6 is 0 Å². The van der Waals surface area contributed by atoms with Crippen molar-refractivity contribution >= 4 is 0 Å². The standard InChI is InChI=1S/C13H19FN2/c1-16-7-3-6-13(15,10-16)9-11-4-2-5-12(14)8-11/h2,4-5,8H,3,6-7,9-10,15H2,1H3. The van der Waals surface area contributed by atoms with Crippen LogP contribution in [0.25, 0.3) is 0 Å². The second-order valence-electron chi connectivity index (χ2n) is 5.01. The van der Waals surface area contributed by atoms with Crippen molar-refractivity contribution in [1.29, 1.82) is 0 Å². The van der Waals surface area contributed by atoms with Crippen LogP contribution in [0.4, 0.5) is 4.39 Å². The molecule has 1 aromatic rings. The third-order valence-electron chi connectivity index (χ3n) is 3.24. The smallest absolute Gasteiger partial charge is 0.123 e. The topological polar surface area (TPSA) is 29.3 Å². The number of likely N-dealkylation sites (N-methyl/N-ethyl adjacent to an activating group) is 1. The third-order valence-corrected chi connectivity index (χ3v) is 3.24. The van der Waals surface area contributed by atoms with E-state index in [1.807, 2.05) is 6.07 Å². The molecule has 1 aromatic carbocycles. The van der Waals surface area contributed by atoms with E-state index in [4.69, 9.17) is 5.73 Å². The molecule has 1 fully saturated rings. The van der Waals surface area contributed by atoms with Crippen molar-refractivity contribution in [2.24, 2.45) is 5.73 Å². The molecule has 1 unspecified atom stereocenters. The Bertz CT molecular complexity index is 367. The number of rotatable bonds is 2. The molecule has 0 amide bonds. The summed E-state index contributed by atoms with van der Waals surface area (Å²) in [7, 11) is 2.09. The Balaban J connectivity index is 2.08. The molecule has 16 heavy (non-hydrogen) atoms. The van der Waals surface area contributed by atoms with Gasteiger partial charge < -0.3 is 10.6 Å². The fourth-order valence-corrected chi connectivity index (χ4v) is 2.59. The maximum Gasteiger partial charge on any atom is 0.123 e. The summed E-state index contributed by atoms with van der Waals surface area (Å²) in [6.45, 7) is 2.01. The monoisotopic (exact) mass is 222 g/mol. The maximum absolute atomic E-state index is 13.1. The largest absolute Gasteiger partial charge is 0.324 e. The van der Waals surface area contributed by atoms with E-state index >= 15 is 0 Å². The molecular weight excluding hydrogens is 203 g/mol. The summed E-state index contributed by atoms with van der Waals surface area (Å²) in [5.41, 5.74) is 7.17. The van der Waals surface area contributed by atoms with Crippen molar-refractivity contribution in [3.05, 3.63) is 35.6 Å². The van der Waals surface area contributed by atoms with E-state index in [1.54, 1.807) is 12.1 Å². The molecule has 2 rings (SSSR count). The predicted molar refractivity (Wildman–Crippen MR) is 63.8 cm³/mol. The van der Waals surface area contributed by atoms with Crippen LogP contribution in [0, 0.1) is 5.82 Å². The van der Waals surface area contributed by atoms with Crippen molar-refractivity contribution in [3.63, 3.8) is 0 Å². The number of piperidine rings is 1. The van der Waals surface area contributed by atoms with Gasteiger partial charge in [0.15, 0.2) is 0 Å². The van der Waals surface area contributed by atoms with Gasteiger partial charge in [-0.1, -0.05) is 12.1 Å². The number of hydrogen-bond donors (Lipinski definition) is 1. The summed E-state index contributed by atoms with van der Waals surface area (Å²) >= 11 is 0. The van der Waals surface area contributed by atoms with Crippen LogP contribution in [-0.4, -0.2) is 30.6 Å². The van der Waals surface area contributed by atoms with Crippen molar-refractivity contribution in [3.8, 4) is 0 Å². The quantitative estimate of drug-likeness (QED) is 0.826. The summed E-state index contributed by atoms with van der Waals surface area (Å²) < 4.78 is 13.1. The lowest BCUT2D eigenvalue weighted by atomic mass is 9.84. The van der Waals surface area contributed by atoms with E-state index in [-0.39, 0.29) is 11.4 Å². The first-order valence-electron chi connectivity index (χ1n) is 5.79. The molecule has 0 aliphatic carbocycles. The average Bonchev–Trinajstić information content (AvgIpc) is 2.16. The Morgan fingerprint density at radius 1 is 1.50 bits per heavy atom. The second-order valence-corrected chi connectivity index (χ2v) is 5.01. The molecule has 0 saturated carbocycles. The Morgan fingerprint density at radius 3 is 3.00 bits per heavy atom. The Kier molecular flexibility index (Phi) is 3.26. The second kappa shape index (κ2) is 4.52. The number of likely N-dealkylation sites (tertiary alicyclic amines) is 1. The Hall–Kier alpha value is -0.930. The Labute approximate surface area is 96.2 Å². The molecular formula is C13H19FN2. The first-order valence-corrected chi connectivity index (χ1v) is 5.79. The van der Waals surface area contributed by atoms with Gasteiger partial charge in [0.2, 0.25) is 0 Å². The minimum atomic E-state index is -0.194. The summed E-state index contributed by atoms with van der Waals surface area (Å²) in [4.78, 5) is 2.25. The normalized spacial score (nSPS) is 26.9. The molecule has 1 saturated heterocycles.